The molecular formula is C18H14O3S2. The monoisotopic (exact) mass is 342 g/mol. The topological polar surface area (TPSA) is 46.5 Å². The maximum absolute atomic E-state index is 12.3. The SMILES string of the molecule is COc1cc(C=CC(=O)c2ccc(-c3cccs3)s2)ccc1O. The predicted molar refractivity (Wildman–Crippen MR) is 95.7 cm³/mol. The molecule has 0 saturated carbocycles. The average molecular weight is 342 g/mol. The highest BCUT2D eigenvalue weighted by atomic mass is 32.1. The van der Waals surface area contributed by atoms with Crippen molar-refractivity contribution in [2.45, 2.75) is 0 Å². The Hall–Kier alpha value is -2.37. The van der Waals surface area contributed by atoms with Gasteiger partial charge in [0.2, 0.25) is 0 Å². The molecule has 1 aromatic carbocycles. The molecule has 0 aliphatic rings. The summed E-state index contributed by atoms with van der Waals surface area (Å²) in [4.78, 5) is 15.2. The first-order chi connectivity index (χ1) is 11.2. The number of allylic oxidation sites excluding steroid dienone is 1. The Labute approximate surface area is 142 Å². The molecule has 23 heavy (non-hydrogen) atoms. The second-order valence-electron chi connectivity index (χ2n) is 4.77. The minimum atomic E-state index is -0.0372. The summed E-state index contributed by atoms with van der Waals surface area (Å²) in [6.45, 7) is 0. The van der Waals surface area contributed by atoms with E-state index in [-0.39, 0.29) is 11.5 Å². The summed E-state index contributed by atoms with van der Waals surface area (Å²) >= 11 is 3.15. The molecule has 0 bridgehead atoms. The second-order valence-corrected chi connectivity index (χ2v) is 6.80. The number of carbonyl (C=O) groups is 1. The van der Waals surface area contributed by atoms with Crippen molar-refractivity contribution >= 4 is 34.5 Å². The molecule has 5 heteroatoms. The van der Waals surface area contributed by atoms with Crippen LogP contribution in [0.15, 0.2) is 53.9 Å². The van der Waals surface area contributed by atoms with Crippen LogP contribution in [0.3, 0.4) is 0 Å². The van der Waals surface area contributed by atoms with E-state index >= 15 is 0 Å². The van der Waals surface area contributed by atoms with Crippen LogP contribution in [0.4, 0.5) is 0 Å². The van der Waals surface area contributed by atoms with Gasteiger partial charge in [-0.3, -0.25) is 4.79 Å². The number of rotatable bonds is 5. The van der Waals surface area contributed by atoms with Crippen LogP contribution in [0.1, 0.15) is 15.2 Å². The van der Waals surface area contributed by atoms with Crippen molar-refractivity contribution < 1.29 is 14.6 Å². The largest absolute Gasteiger partial charge is 0.504 e. The number of hydrogen-bond donors (Lipinski definition) is 1. The first kappa shape index (κ1) is 15.5. The molecule has 0 amide bonds. The molecule has 0 saturated heterocycles. The van der Waals surface area contributed by atoms with Crippen molar-refractivity contribution in [3.05, 3.63) is 64.4 Å². The molecule has 0 radical (unpaired) electrons. The molecule has 0 fully saturated rings. The predicted octanol–water partition coefficient (Wildman–Crippen LogP) is 5.09. The Morgan fingerprint density at radius 3 is 2.78 bits per heavy atom. The number of carbonyl (C=O) groups excluding carboxylic acids is 1. The van der Waals surface area contributed by atoms with Gasteiger partial charge in [0.1, 0.15) is 0 Å². The summed E-state index contributed by atoms with van der Waals surface area (Å²) in [5.41, 5.74) is 0.794. The molecule has 2 heterocycles. The van der Waals surface area contributed by atoms with Gasteiger partial charge in [0.15, 0.2) is 17.3 Å². The lowest BCUT2D eigenvalue weighted by Crippen LogP contribution is -1.89. The van der Waals surface area contributed by atoms with Gasteiger partial charge in [0.25, 0.3) is 0 Å². The number of phenols is 1. The lowest BCUT2D eigenvalue weighted by molar-refractivity contribution is 0.105. The highest BCUT2D eigenvalue weighted by Gasteiger charge is 2.08. The second kappa shape index (κ2) is 6.81. The Morgan fingerprint density at radius 2 is 2.04 bits per heavy atom. The van der Waals surface area contributed by atoms with E-state index in [4.69, 9.17) is 4.74 Å². The fourth-order valence-electron chi connectivity index (χ4n) is 2.07. The molecule has 116 valence electrons. The standard InChI is InChI=1S/C18H14O3S2/c1-21-15-11-12(4-6-13(15)19)5-7-14(20)16-8-9-18(23-16)17-3-2-10-22-17/h2-11,19H,1H3. The molecular weight excluding hydrogens is 328 g/mol. The van der Waals surface area contributed by atoms with Crippen LogP contribution in [0.25, 0.3) is 15.8 Å². The smallest absolute Gasteiger partial charge is 0.195 e. The normalized spacial score (nSPS) is 11.0. The molecule has 3 rings (SSSR count). The molecule has 3 aromatic rings. The average Bonchev–Trinajstić information content (AvgIpc) is 3.24. The third kappa shape index (κ3) is 3.52. The highest BCUT2D eigenvalue weighted by Crippen LogP contribution is 2.32. The summed E-state index contributed by atoms with van der Waals surface area (Å²) in [6.07, 6.45) is 3.25. The number of ketones is 1. The van der Waals surface area contributed by atoms with E-state index in [0.717, 1.165) is 10.4 Å². The lowest BCUT2D eigenvalue weighted by Gasteiger charge is -2.03. The van der Waals surface area contributed by atoms with E-state index in [1.807, 2.05) is 29.6 Å². The summed E-state index contributed by atoms with van der Waals surface area (Å²) < 4.78 is 5.06. The van der Waals surface area contributed by atoms with Crippen molar-refractivity contribution in [2.75, 3.05) is 7.11 Å². The van der Waals surface area contributed by atoms with Gasteiger partial charge in [-0.05, 0) is 47.4 Å². The zero-order valence-electron chi connectivity index (χ0n) is 12.4. The molecule has 0 atom stereocenters. The maximum Gasteiger partial charge on any atom is 0.195 e. The van der Waals surface area contributed by atoms with Crippen LogP contribution in [-0.4, -0.2) is 18.0 Å². The summed E-state index contributed by atoms with van der Waals surface area (Å²) in [7, 11) is 1.49. The minimum Gasteiger partial charge on any atom is -0.504 e. The summed E-state index contributed by atoms with van der Waals surface area (Å²) in [5.74, 6) is 0.426. The van der Waals surface area contributed by atoms with Crippen molar-refractivity contribution in [2.24, 2.45) is 0 Å². The van der Waals surface area contributed by atoms with E-state index in [1.54, 1.807) is 35.6 Å². The van der Waals surface area contributed by atoms with Crippen molar-refractivity contribution in [1.82, 2.24) is 0 Å². The van der Waals surface area contributed by atoms with Crippen LogP contribution >= 0.6 is 22.7 Å². The molecule has 1 N–H and O–H groups in total. The summed E-state index contributed by atoms with van der Waals surface area (Å²) in [6, 6.07) is 12.8. The number of ether oxygens (including phenoxy) is 1. The molecule has 0 unspecified atom stereocenters. The zero-order chi connectivity index (χ0) is 16.2. The van der Waals surface area contributed by atoms with E-state index in [1.165, 1.54) is 29.4 Å². The van der Waals surface area contributed by atoms with Crippen molar-refractivity contribution in [1.29, 1.82) is 0 Å². The van der Waals surface area contributed by atoms with Gasteiger partial charge in [0, 0.05) is 9.75 Å². The fourth-order valence-corrected chi connectivity index (χ4v) is 3.83. The lowest BCUT2D eigenvalue weighted by atomic mass is 10.1. The first-order valence-electron chi connectivity index (χ1n) is 6.90. The van der Waals surface area contributed by atoms with Gasteiger partial charge < -0.3 is 9.84 Å². The number of phenolic OH excluding ortho intramolecular Hbond substituents is 1. The van der Waals surface area contributed by atoms with Gasteiger partial charge in [-0.1, -0.05) is 18.2 Å². The molecule has 2 aromatic heterocycles. The molecule has 3 nitrogen and oxygen atoms in total. The van der Waals surface area contributed by atoms with E-state index in [9.17, 15) is 9.90 Å². The quantitative estimate of drug-likeness (QED) is 0.519. The number of benzene rings is 1. The Balaban J connectivity index is 1.76. The van der Waals surface area contributed by atoms with Crippen LogP contribution in [0.2, 0.25) is 0 Å². The van der Waals surface area contributed by atoms with Crippen LogP contribution in [0.5, 0.6) is 11.5 Å². The van der Waals surface area contributed by atoms with Crippen LogP contribution < -0.4 is 4.74 Å². The third-order valence-electron chi connectivity index (χ3n) is 3.24. The van der Waals surface area contributed by atoms with Gasteiger partial charge in [-0.2, -0.15) is 0 Å². The first-order valence-corrected chi connectivity index (χ1v) is 8.60. The minimum absolute atomic E-state index is 0.0372. The number of thiophene rings is 2. The van der Waals surface area contributed by atoms with Gasteiger partial charge in [0.05, 0.1) is 12.0 Å². The van der Waals surface area contributed by atoms with Gasteiger partial charge >= 0.3 is 0 Å². The van der Waals surface area contributed by atoms with E-state index in [0.29, 0.717) is 10.6 Å². The molecule has 0 spiro atoms. The van der Waals surface area contributed by atoms with E-state index < -0.39 is 0 Å². The molecule has 0 aliphatic heterocycles. The summed E-state index contributed by atoms with van der Waals surface area (Å²) in [5, 5.41) is 11.6. The zero-order valence-corrected chi connectivity index (χ0v) is 14.0. The van der Waals surface area contributed by atoms with Gasteiger partial charge in [-0.15, -0.1) is 22.7 Å². The van der Waals surface area contributed by atoms with Crippen molar-refractivity contribution in [3.8, 4) is 21.3 Å². The molecule has 0 aliphatic carbocycles. The Kier molecular flexibility index (Phi) is 4.60. The fraction of sp³-hybridized carbons (Fsp3) is 0.0556. The third-order valence-corrected chi connectivity index (χ3v) is 5.41. The Bertz CT molecular complexity index is 845. The number of hydrogen-bond acceptors (Lipinski definition) is 5. The number of methoxy groups -OCH3 is 1. The highest BCUT2D eigenvalue weighted by molar-refractivity contribution is 7.22. The van der Waals surface area contributed by atoms with Crippen LogP contribution in [0, 0.1) is 0 Å². The van der Waals surface area contributed by atoms with Gasteiger partial charge in [-0.25, -0.2) is 0 Å². The number of aromatic hydroxyl groups is 1. The van der Waals surface area contributed by atoms with Crippen molar-refractivity contribution in [3.63, 3.8) is 0 Å². The van der Waals surface area contributed by atoms with Crippen LogP contribution in [-0.2, 0) is 0 Å². The van der Waals surface area contributed by atoms with E-state index in [2.05, 4.69) is 0 Å². The Morgan fingerprint density at radius 1 is 1.17 bits per heavy atom. The maximum atomic E-state index is 12.3.